The van der Waals surface area contributed by atoms with Gasteiger partial charge in [-0.25, -0.2) is 5.21 Å². The molecular weight excluding hydrogens is 174 g/mol. The molecule has 0 aliphatic heterocycles. The van der Waals surface area contributed by atoms with Crippen LogP contribution >= 0.6 is 0 Å². The Balaban J connectivity index is 0.000000310. The van der Waals surface area contributed by atoms with Crippen LogP contribution in [0.4, 0.5) is 5.69 Å². The number of para-hydroxylation sites is 1. The van der Waals surface area contributed by atoms with Gasteiger partial charge in [-0.2, -0.15) is 0 Å². The Bertz CT molecular complexity index is 279. The lowest BCUT2D eigenvalue weighted by Gasteiger charge is -1.78. The largest absolute Gasteiger partial charge is 0.481 e. The Morgan fingerprint density at radius 1 is 1.31 bits per heavy atom. The summed E-state index contributed by atoms with van der Waals surface area (Å²) >= 11 is 0. The van der Waals surface area contributed by atoms with Crippen LogP contribution in [0, 0.1) is 4.91 Å². The molecule has 0 aliphatic carbocycles. The van der Waals surface area contributed by atoms with Gasteiger partial charge < -0.3 is 5.11 Å². The molecule has 0 radical (unpaired) electrons. The predicted molar refractivity (Wildman–Crippen MR) is 44.8 cm³/mol. The molecule has 70 valence electrons. The van der Waals surface area contributed by atoms with Crippen LogP contribution in [0.15, 0.2) is 30.3 Å². The highest BCUT2D eigenvalue weighted by Crippen LogP contribution is 2.05. The topological polar surface area (TPSA) is 77.6 Å². The number of carboxylic acid groups (broad SMARTS) is 1. The van der Waals surface area contributed by atoms with Crippen molar-refractivity contribution in [1.82, 2.24) is 0 Å². The SMILES string of the molecule is CC(=O)O.O=[N+](O)c1ccccc1. The molecule has 0 saturated carbocycles. The highest BCUT2D eigenvalue weighted by Gasteiger charge is 2.06. The van der Waals surface area contributed by atoms with E-state index in [4.69, 9.17) is 15.1 Å². The van der Waals surface area contributed by atoms with Gasteiger partial charge in [0.1, 0.15) is 0 Å². The molecule has 0 bridgehead atoms. The lowest BCUT2D eigenvalue weighted by molar-refractivity contribution is -0.729. The van der Waals surface area contributed by atoms with Gasteiger partial charge in [-0.1, -0.05) is 18.2 Å². The third-order valence-electron chi connectivity index (χ3n) is 0.977. The Kier molecular flexibility index (Phi) is 4.87. The average Bonchev–Trinajstić information content (AvgIpc) is 2.05. The van der Waals surface area contributed by atoms with E-state index in [0.717, 1.165) is 6.92 Å². The van der Waals surface area contributed by atoms with Gasteiger partial charge in [-0.3, -0.25) is 4.79 Å². The minimum Gasteiger partial charge on any atom is -0.481 e. The first-order valence-electron chi connectivity index (χ1n) is 3.44. The van der Waals surface area contributed by atoms with Crippen LogP contribution in [0.1, 0.15) is 6.92 Å². The summed E-state index contributed by atoms with van der Waals surface area (Å²) in [5.74, 6) is -0.833. The van der Waals surface area contributed by atoms with E-state index in [0.29, 0.717) is 0 Å². The second kappa shape index (κ2) is 5.70. The van der Waals surface area contributed by atoms with Crippen molar-refractivity contribution in [2.75, 3.05) is 0 Å². The Labute approximate surface area is 74.8 Å². The zero-order chi connectivity index (χ0) is 10.3. The van der Waals surface area contributed by atoms with Gasteiger partial charge in [0, 0.05) is 19.1 Å². The predicted octanol–water partition coefficient (Wildman–Crippen LogP) is 1.58. The minimum absolute atomic E-state index is 0.167. The molecule has 0 heterocycles. The van der Waals surface area contributed by atoms with Gasteiger partial charge in [-0.15, -0.1) is 0 Å². The number of hydrogen-bond donors (Lipinski definition) is 2. The van der Waals surface area contributed by atoms with Gasteiger partial charge in [0.15, 0.2) is 0 Å². The van der Waals surface area contributed by atoms with Crippen molar-refractivity contribution >= 4 is 11.7 Å². The lowest BCUT2D eigenvalue weighted by atomic mass is 10.3. The molecular formula is C8H10NO4+. The number of benzene rings is 1. The van der Waals surface area contributed by atoms with Crippen LogP contribution in [-0.2, 0) is 4.79 Å². The Hall–Kier alpha value is -1.91. The molecule has 0 fully saturated rings. The molecule has 0 atom stereocenters. The van der Waals surface area contributed by atoms with E-state index in [1.807, 2.05) is 0 Å². The van der Waals surface area contributed by atoms with Crippen molar-refractivity contribution in [2.45, 2.75) is 6.92 Å². The average molecular weight is 184 g/mol. The number of aliphatic carboxylic acids is 1. The smallest absolute Gasteiger partial charge is 0.316 e. The number of nitrogens with zero attached hydrogens (tertiary/aromatic N) is 1. The molecule has 5 nitrogen and oxygen atoms in total. The van der Waals surface area contributed by atoms with Crippen LogP contribution < -0.4 is 0 Å². The second-order valence-electron chi connectivity index (χ2n) is 2.13. The maximum atomic E-state index is 10.1. The van der Waals surface area contributed by atoms with E-state index in [2.05, 4.69) is 0 Å². The van der Waals surface area contributed by atoms with Gasteiger partial charge in [0.25, 0.3) is 10.9 Å². The Morgan fingerprint density at radius 3 is 1.92 bits per heavy atom. The third-order valence-corrected chi connectivity index (χ3v) is 0.977. The molecule has 0 amide bonds. The standard InChI is InChI=1S/C6H6NO2.C2H4O2/c8-7(9)6-4-2-1-3-5-6;1-2(3)4/h1-5H,(H,8,9);1H3,(H,3,4)/q+1;. The van der Waals surface area contributed by atoms with Crippen LogP contribution in [0.2, 0.25) is 0 Å². The zero-order valence-corrected chi connectivity index (χ0v) is 7.04. The van der Waals surface area contributed by atoms with E-state index in [-0.39, 0.29) is 10.6 Å². The monoisotopic (exact) mass is 184 g/mol. The molecule has 0 spiro atoms. The summed E-state index contributed by atoms with van der Waals surface area (Å²) in [6.45, 7) is 1.08. The minimum atomic E-state index is -0.833. The van der Waals surface area contributed by atoms with Crippen molar-refractivity contribution in [3.8, 4) is 0 Å². The van der Waals surface area contributed by atoms with Crippen LogP contribution in [-0.4, -0.2) is 21.2 Å². The van der Waals surface area contributed by atoms with Crippen molar-refractivity contribution in [3.63, 3.8) is 0 Å². The van der Waals surface area contributed by atoms with Crippen molar-refractivity contribution < 1.29 is 20.0 Å². The second-order valence-corrected chi connectivity index (χ2v) is 2.13. The first kappa shape index (κ1) is 11.1. The summed E-state index contributed by atoms with van der Waals surface area (Å²) < 4.78 is 0. The molecule has 13 heavy (non-hydrogen) atoms. The fraction of sp³-hybridized carbons (Fsp3) is 0.125. The Morgan fingerprint density at radius 2 is 1.69 bits per heavy atom. The van der Waals surface area contributed by atoms with Gasteiger partial charge >= 0.3 is 5.69 Å². The number of carboxylic acids is 1. The summed E-state index contributed by atoms with van der Waals surface area (Å²) in [4.78, 5) is 19.0. The highest BCUT2D eigenvalue weighted by atomic mass is 16.6. The van der Waals surface area contributed by atoms with E-state index >= 15 is 0 Å². The fourth-order valence-electron chi connectivity index (χ4n) is 0.556. The van der Waals surface area contributed by atoms with E-state index < -0.39 is 5.97 Å². The lowest BCUT2D eigenvalue weighted by Crippen LogP contribution is -1.89. The third kappa shape index (κ3) is 6.49. The molecule has 0 unspecified atom stereocenters. The van der Waals surface area contributed by atoms with E-state index in [9.17, 15) is 4.91 Å². The maximum absolute atomic E-state index is 10.1. The number of hydrogen-bond acceptors (Lipinski definition) is 2. The normalized spacial score (nSPS) is 8.08. The van der Waals surface area contributed by atoms with Gasteiger partial charge in [0.05, 0.1) is 4.91 Å². The number of carbonyl (C=O) groups is 1. The summed E-state index contributed by atoms with van der Waals surface area (Å²) in [6, 6.07) is 8.17. The molecule has 1 aromatic rings. The summed E-state index contributed by atoms with van der Waals surface area (Å²) in [5, 5.41) is 15.7. The quantitative estimate of drug-likeness (QED) is 0.649. The van der Waals surface area contributed by atoms with Gasteiger partial charge in [-0.05, 0) is 0 Å². The summed E-state index contributed by atoms with van der Waals surface area (Å²) in [7, 11) is 0. The maximum Gasteiger partial charge on any atom is 0.316 e. The molecule has 5 heteroatoms. The van der Waals surface area contributed by atoms with E-state index in [1.54, 1.807) is 18.2 Å². The van der Waals surface area contributed by atoms with Gasteiger partial charge in [0.2, 0.25) is 0 Å². The fourth-order valence-corrected chi connectivity index (χ4v) is 0.556. The first-order valence-corrected chi connectivity index (χ1v) is 3.44. The molecule has 0 aliphatic rings. The van der Waals surface area contributed by atoms with E-state index in [1.165, 1.54) is 12.1 Å². The summed E-state index contributed by atoms with van der Waals surface area (Å²) in [6.07, 6.45) is 0. The van der Waals surface area contributed by atoms with Crippen LogP contribution in [0.25, 0.3) is 0 Å². The van der Waals surface area contributed by atoms with Crippen molar-refractivity contribution in [3.05, 3.63) is 35.2 Å². The first-order chi connectivity index (χ1) is 6.04. The molecule has 1 rings (SSSR count). The molecule has 0 saturated heterocycles. The molecule has 0 aromatic heterocycles. The number of rotatable bonds is 1. The van der Waals surface area contributed by atoms with Crippen molar-refractivity contribution in [2.24, 2.45) is 0 Å². The highest BCUT2D eigenvalue weighted by molar-refractivity contribution is 5.62. The van der Waals surface area contributed by atoms with Crippen LogP contribution in [0.5, 0.6) is 0 Å². The zero-order valence-electron chi connectivity index (χ0n) is 7.04. The molecule has 2 N–H and O–H groups in total. The molecule has 1 aromatic carbocycles. The van der Waals surface area contributed by atoms with Crippen molar-refractivity contribution in [1.29, 1.82) is 0 Å². The van der Waals surface area contributed by atoms with Crippen LogP contribution in [0.3, 0.4) is 0 Å². The summed E-state index contributed by atoms with van der Waals surface area (Å²) in [5.41, 5.74) is 0.248.